The molecule has 0 aromatic heterocycles. The van der Waals surface area contributed by atoms with Crippen LogP contribution in [0.1, 0.15) is 45.6 Å². The normalized spacial score (nSPS) is 17.1. The summed E-state index contributed by atoms with van der Waals surface area (Å²) in [6.07, 6.45) is 2.25. The zero-order valence-electron chi connectivity index (χ0n) is 17.3. The van der Waals surface area contributed by atoms with Gasteiger partial charge in [-0.1, -0.05) is 39.3 Å². The average molecular weight is 374 g/mol. The molecule has 1 aromatic rings. The molecule has 2 unspecified atom stereocenters. The molecule has 2 amide bonds. The zero-order valence-corrected chi connectivity index (χ0v) is 17.3. The van der Waals surface area contributed by atoms with Crippen LogP contribution in [-0.4, -0.2) is 42.9 Å². The first-order valence-electron chi connectivity index (χ1n) is 10.2. The largest absolute Gasteiger partial charge is 0.369 e. The smallest absolute Gasteiger partial charge is 0.226 e. The Labute approximate surface area is 163 Å². The van der Waals surface area contributed by atoms with Crippen molar-refractivity contribution in [2.75, 3.05) is 31.1 Å². The van der Waals surface area contributed by atoms with Gasteiger partial charge in [0.05, 0.1) is 0 Å². The molecule has 2 rings (SSSR count). The summed E-state index contributed by atoms with van der Waals surface area (Å²) in [5.74, 6) is -0.544. The van der Waals surface area contributed by atoms with Gasteiger partial charge in [0.25, 0.3) is 0 Å². The fourth-order valence-corrected chi connectivity index (χ4v) is 4.04. The summed E-state index contributed by atoms with van der Waals surface area (Å²) >= 11 is 0. The first-order chi connectivity index (χ1) is 12.8. The summed E-state index contributed by atoms with van der Waals surface area (Å²) < 4.78 is 0. The Morgan fingerprint density at radius 2 is 1.78 bits per heavy atom. The van der Waals surface area contributed by atoms with E-state index >= 15 is 0 Å². The van der Waals surface area contributed by atoms with Crippen LogP contribution in [-0.2, 0) is 9.59 Å². The van der Waals surface area contributed by atoms with Gasteiger partial charge in [0.2, 0.25) is 11.8 Å². The molecule has 1 saturated heterocycles. The average Bonchev–Trinajstić information content (AvgIpc) is 2.63. The van der Waals surface area contributed by atoms with E-state index in [4.69, 9.17) is 5.73 Å². The maximum atomic E-state index is 13.3. The molecule has 2 atom stereocenters. The molecule has 150 valence electrons. The van der Waals surface area contributed by atoms with Gasteiger partial charge in [-0.3, -0.25) is 9.59 Å². The van der Waals surface area contributed by atoms with E-state index in [0.29, 0.717) is 31.8 Å². The van der Waals surface area contributed by atoms with Gasteiger partial charge in [0.15, 0.2) is 0 Å². The molecule has 0 aliphatic carbocycles. The number of primary amides is 1. The van der Waals surface area contributed by atoms with E-state index in [9.17, 15) is 9.59 Å². The first kappa shape index (κ1) is 21.3. The van der Waals surface area contributed by atoms with E-state index < -0.39 is 0 Å². The van der Waals surface area contributed by atoms with E-state index in [2.05, 4.69) is 49.9 Å². The number of carbonyl (C=O) groups excluding carboxylic acids is 2. The fourth-order valence-electron chi connectivity index (χ4n) is 4.04. The fraction of sp³-hybridized carbons (Fsp3) is 0.636. The predicted molar refractivity (Wildman–Crippen MR) is 111 cm³/mol. The molecule has 0 spiro atoms. The third-order valence-electron chi connectivity index (χ3n) is 5.45. The second-order valence-corrected chi connectivity index (χ2v) is 8.18. The number of benzene rings is 1. The Morgan fingerprint density at radius 3 is 2.30 bits per heavy atom. The number of anilines is 1. The summed E-state index contributed by atoms with van der Waals surface area (Å²) in [6, 6.07) is 8.47. The number of aryl methyl sites for hydroxylation is 1. The van der Waals surface area contributed by atoms with Crippen molar-refractivity contribution in [2.45, 2.75) is 47.0 Å². The van der Waals surface area contributed by atoms with Gasteiger partial charge in [-0.2, -0.15) is 0 Å². The highest BCUT2D eigenvalue weighted by Crippen LogP contribution is 2.28. The molecule has 5 heteroatoms. The molecule has 27 heavy (non-hydrogen) atoms. The molecule has 0 radical (unpaired) electrons. The van der Waals surface area contributed by atoms with Crippen LogP contribution in [0, 0.1) is 24.7 Å². The number of hydrogen-bond acceptors (Lipinski definition) is 3. The molecule has 0 bridgehead atoms. The first-order valence-corrected chi connectivity index (χ1v) is 10.2. The SMILES string of the molecule is CCCC(C(N)=O)C(CC(C)C)C(=O)N1CCN(c2cccc(C)c2)CC1. The van der Waals surface area contributed by atoms with Crippen molar-refractivity contribution in [2.24, 2.45) is 23.5 Å². The van der Waals surface area contributed by atoms with E-state index in [1.807, 2.05) is 11.8 Å². The number of amides is 2. The topological polar surface area (TPSA) is 66.6 Å². The van der Waals surface area contributed by atoms with E-state index in [1.54, 1.807) is 0 Å². The van der Waals surface area contributed by atoms with Gasteiger partial charge in [-0.05, 0) is 43.4 Å². The van der Waals surface area contributed by atoms with Crippen molar-refractivity contribution in [1.82, 2.24) is 4.90 Å². The van der Waals surface area contributed by atoms with Gasteiger partial charge in [0.1, 0.15) is 0 Å². The molecule has 0 saturated carbocycles. The maximum absolute atomic E-state index is 13.3. The highest BCUT2D eigenvalue weighted by Gasteiger charge is 2.35. The van der Waals surface area contributed by atoms with Gasteiger partial charge >= 0.3 is 0 Å². The summed E-state index contributed by atoms with van der Waals surface area (Å²) in [7, 11) is 0. The molecule has 1 aliphatic heterocycles. The van der Waals surface area contributed by atoms with Crippen molar-refractivity contribution in [3.05, 3.63) is 29.8 Å². The van der Waals surface area contributed by atoms with Crippen LogP contribution in [0.15, 0.2) is 24.3 Å². The Hall–Kier alpha value is -2.04. The minimum Gasteiger partial charge on any atom is -0.369 e. The molecule has 5 nitrogen and oxygen atoms in total. The lowest BCUT2D eigenvalue weighted by Gasteiger charge is -2.39. The third kappa shape index (κ3) is 5.72. The number of nitrogens with two attached hydrogens (primary N) is 1. The van der Waals surface area contributed by atoms with E-state index in [-0.39, 0.29) is 23.7 Å². The molecular formula is C22H35N3O2. The predicted octanol–water partition coefficient (Wildman–Crippen LogP) is 3.21. The van der Waals surface area contributed by atoms with Crippen LogP contribution in [0.3, 0.4) is 0 Å². The number of carbonyl (C=O) groups is 2. The zero-order chi connectivity index (χ0) is 20.0. The molecule has 1 fully saturated rings. The Morgan fingerprint density at radius 1 is 1.11 bits per heavy atom. The van der Waals surface area contributed by atoms with Crippen LogP contribution < -0.4 is 10.6 Å². The summed E-state index contributed by atoms with van der Waals surface area (Å²) in [5.41, 5.74) is 8.11. The quantitative estimate of drug-likeness (QED) is 0.761. The van der Waals surface area contributed by atoms with Gasteiger partial charge < -0.3 is 15.5 Å². The second-order valence-electron chi connectivity index (χ2n) is 8.18. The van der Waals surface area contributed by atoms with Crippen molar-refractivity contribution >= 4 is 17.5 Å². The minimum atomic E-state index is -0.361. The molecule has 1 heterocycles. The minimum absolute atomic E-state index is 0.102. The monoisotopic (exact) mass is 373 g/mol. The lowest BCUT2D eigenvalue weighted by Crippen LogP contribution is -2.52. The third-order valence-corrected chi connectivity index (χ3v) is 5.45. The van der Waals surface area contributed by atoms with E-state index in [0.717, 1.165) is 19.5 Å². The lowest BCUT2D eigenvalue weighted by atomic mass is 9.81. The summed E-state index contributed by atoms with van der Waals surface area (Å²) in [6.45, 7) is 11.3. The van der Waals surface area contributed by atoms with Gasteiger partial charge in [-0.25, -0.2) is 0 Å². The summed E-state index contributed by atoms with van der Waals surface area (Å²) in [4.78, 5) is 29.5. The maximum Gasteiger partial charge on any atom is 0.226 e. The highest BCUT2D eigenvalue weighted by molar-refractivity contribution is 5.87. The Kier molecular flexibility index (Phi) is 7.69. The number of hydrogen-bond donors (Lipinski definition) is 1. The highest BCUT2D eigenvalue weighted by atomic mass is 16.2. The van der Waals surface area contributed by atoms with Crippen LogP contribution in [0.4, 0.5) is 5.69 Å². The number of piperazine rings is 1. The Bertz CT molecular complexity index is 636. The van der Waals surface area contributed by atoms with Crippen molar-refractivity contribution in [1.29, 1.82) is 0 Å². The van der Waals surface area contributed by atoms with Crippen LogP contribution in [0.5, 0.6) is 0 Å². The van der Waals surface area contributed by atoms with E-state index in [1.165, 1.54) is 11.3 Å². The molecule has 1 aliphatic rings. The van der Waals surface area contributed by atoms with Crippen molar-refractivity contribution < 1.29 is 9.59 Å². The molecule has 1 aromatic carbocycles. The standard InChI is InChI=1S/C22H35N3O2/c1-5-7-19(21(23)26)20(14-16(2)3)22(27)25-12-10-24(11-13-25)18-9-6-8-17(4)15-18/h6,8-9,15-16,19-20H,5,7,10-14H2,1-4H3,(H2,23,26). The Balaban J connectivity index is 2.06. The molecule has 2 N–H and O–H groups in total. The molecular weight excluding hydrogens is 338 g/mol. The van der Waals surface area contributed by atoms with Gasteiger partial charge in [-0.15, -0.1) is 0 Å². The lowest BCUT2D eigenvalue weighted by molar-refractivity contribution is -0.142. The van der Waals surface area contributed by atoms with Crippen LogP contribution >= 0.6 is 0 Å². The van der Waals surface area contributed by atoms with Gasteiger partial charge in [0, 0.05) is 43.7 Å². The second kappa shape index (κ2) is 9.77. The number of nitrogens with zero attached hydrogens (tertiary/aromatic N) is 2. The van der Waals surface area contributed by atoms with Crippen LogP contribution in [0.25, 0.3) is 0 Å². The van der Waals surface area contributed by atoms with Crippen LogP contribution in [0.2, 0.25) is 0 Å². The number of rotatable bonds is 8. The summed E-state index contributed by atoms with van der Waals surface area (Å²) in [5, 5.41) is 0. The van der Waals surface area contributed by atoms with Crippen molar-refractivity contribution in [3.8, 4) is 0 Å². The van der Waals surface area contributed by atoms with Crippen molar-refractivity contribution in [3.63, 3.8) is 0 Å².